The molecule has 0 aliphatic carbocycles. The summed E-state index contributed by atoms with van der Waals surface area (Å²) in [5.74, 6) is -0.561. The quantitative estimate of drug-likeness (QED) is 0.606. The average Bonchev–Trinajstić information content (AvgIpc) is 2.37. The smallest absolute Gasteiger partial charge is 0.224 e. The molecule has 0 bridgehead atoms. The number of alkyl halides is 1. The maximum Gasteiger partial charge on any atom is 0.224 e. The predicted molar refractivity (Wildman–Crippen MR) is 72.2 cm³/mol. The summed E-state index contributed by atoms with van der Waals surface area (Å²) in [7, 11) is 0. The van der Waals surface area contributed by atoms with Crippen molar-refractivity contribution in [3.63, 3.8) is 0 Å². The Kier molecular flexibility index (Phi) is 6.78. The fourth-order valence-electron chi connectivity index (χ4n) is 1.66. The highest BCUT2D eigenvalue weighted by atomic mass is 35.5. The summed E-state index contributed by atoms with van der Waals surface area (Å²) < 4.78 is 26.0. The molecule has 1 N–H and O–H groups in total. The first-order valence-electron chi connectivity index (χ1n) is 6.29. The molecule has 0 spiro atoms. The summed E-state index contributed by atoms with van der Waals surface area (Å²) in [5.41, 5.74) is 0.202. The van der Waals surface area contributed by atoms with Gasteiger partial charge in [0.15, 0.2) is 0 Å². The van der Waals surface area contributed by atoms with E-state index in [1.807, 2.05) is 6.92 Å². The fraction of sp³-hybridized carbons (Fsp3) is 0.500. The second kappa shape index (κ2) is 8.10. The van der Waals surface area contributed by atoms with Crippen LogP contribution in [-0.4, -0.2) is 18.3 Å². The average molecular weight is 290 g/mol. The van der Waals surface area contributed by atoms with Crippen LogP contribution in [-0.2, 0) is 11.2 Å². The van der Waals surface area contributed by atoms with Crippen LogP contribution in [0.25, 0.3) is 0 Å². The number of carbonyl (C=O) groups is 1. The Morgan fingerprint density at radius 3 is 2.79 bits per heavy atom. The third-order valence-corrected chi connectivity index (χ3v) is 3.35. The van der Waals surface area contributed by atoms with Gasteiger partial charge in [-0.05, 0) is 30.4 Å². The van der Waals surface area contributed by atoms with Gasteiger partial charge in [0.1, 0.15) is 11.6 Å². The molecule has 0 saturated carbocycles. The molecule has 0 radical (unpaired) electrons. The molecule has 1 unspecified atom stereocenters. The first-order valence-corrected chi connectivity index (χ1v) is 6.83. The van der Waals surface area contributed by atoms with E-state index >= 15 is 0 Å². The van der Waals surface area contributed by atoms with Gasteiger partial charge in [-0.15, -0.1) is 11.6 Å². The summed E-state index contributed by atoms with van der Waals surface area (Å²) in [4.78, 5) is 11.6. The molecule has 1 aromatic rings. The van der Waals surface area contributed by atoms with E-state index in [1.165, 1.54) is 6.07 Å². The highest BCUT2D eigenvalue weighted by Gasteiger charge is 2.09. The van der Waals surface area contributed by atoms with E-state index in [4.69, 9.17) is 11.6 Å². The molecule has 0 heterocycles. The fourth-order valence-corrected chi connectivity index (χ4v) is 1.81. The predicted octanol–water partition coefficient (Wildman–Crippen LogP) is 3.28. The number of rotatable bonds is 7. The largest absolute Gasteiger partial charge is 0.356 e. The topological polar surface area (TPSA) is 29.1 Å². The number of amides is 1. The van der Waals surface area contributed by atoms with Crippen molar-refractivity contribution < 1.29 is 13.6 Å². The Hall–Kier alpha value is -1.16. The maximum absolute atomic E-state index is 13.3. The van der Waals surface area contributed by atoms with Crippen LogP contribution >= 0.6 is 11.6 Å². The summed E-state index contributed by atoms with van der Waals surface area (Å²) in [6.07, 6.45) is 1.71. The zero-order chi connectivity index (χ0) is 14.3. The second-order valence-corrected chi connectivity index (χ2v) is 4.97. The molecule has 2 nitrogen and oxygen atoms in total. The summed E-state index contributed by atoms with van der Waals surface area (Å²) >= 11 is 5.67. The van der Waals surface area contributed by atoms with Gasteiger partial charge < -0.3 is 5.32 Å². The van der Waals surface area contributed by atoms with Crippen molar-refractivity contribution in [2.75, 3.05) is 12.4 Å². The van der Waals surface area contributed by atoms with Crippen LogP contribution in [0, 0.1) is 17.6 Å². The van der Waals surface area contributed by atoms with Crippen LogP contribution in [0.15, 0.2) is 18.2 Å². The van der Waals surface area contributed by atoms with Gasteiger partial charge >= 0.3 is 0 Å². The molecular weight excluding hydrogens is 272 g/mol. The molecule has 0 aliphatic rings. The third-order valence-electron chi connectivity index (χ3n) is 2.83. The van der Waals surface area contributed by atoms with E-state index in [0.29, 0.717) is 18.3 Å². The first-order chi connectivity index (χ1) is 9.02. The van der Waals surface area contributed by atoms with Crippen molar-refractivity contribution >= 4 is 17.5 Å². The van der Waals surface area contributed by atoms with E-state index in [9.17, 15) is 13.6 Å². The SMILES string of the molecule is CC(CCl)CCCNC(=O)Cc1ccc(F)cc1F. The van der Waals surface area contributed by atoms with E-state index in [1.54, 1.807) is 0 Å². The zero-order valence-electron chi connectivity index (χ0n) is 10.9. The van der Waals surface area contributed by atoms with Crippen LogP contribution in [0.2, 0.25) is 0 Å². The van der Waals surface area contributed by atoms with Crippen LogP contribution in [0.4, 0.5) is 8.78 Å². The molecule has 106 valence electrons. The van der Waals surface area contributed by atoms with Gasteiger partial charge in [-0.2, -0.15) is 0 Å². The lowest BCUT2D eigenvalue weighted by Gasteiger charge is -2.08. The number of benzene rings is 1. The van der Waals surface area contributed by atoms with Gasteiger partial charge in [-0.25, -0.2) is 8.78 Å². The summed E-state index contributed by atoms with van der Waals surface area (Å²) in [5, 5.41) is 2.71. The van der Waals surface area contributed by atoms with Gasteiger partial charge in [0.25, 0.3) is 0 Å². The van der Waals surface area contributed by atoms with E-state index < -0.39 is 11.6 Å². The summed E-state index contributed by atoms with van der Waals surface area (Å²) in [6, 6.07) is 3.22. The number of hydrogen-bond acceptors (Lipinski definition) is 1. The highest BCUT2D eigenvalue weighted by molar-refractivity contribution is 6.18. The maximum atomic E-state index is 13.3. The molecule has 1 atom stereocenters. The number of hydrogen-bond donors (Lipinski definition) is 1. The second-order valence-electron chi connectivity index (χ2n) is 4.66. The lowest BCUT2D eigenvalue weighted by molar-refractivity contribution is -0.120. The zero-order valence-corrected chi connectivity index (χ0v) is 11.6. The number of nitrogens with one attached hydrogen (secondary N) is 1. The van der Waals surface area contributed by atoms with E-state index in [-0.39, 0.29) is 17.9 Å². The van der Waals surface area contributed by atoms with Crippen LogP contribution in [0.5, 0.6) is 0 Å². The monoisotopic (exact) mass is 289 g/mol. The Morgan fingerprint density at radius 1 is 1.42 bits per heavy atom. The van der Waals surface area contributed by atoms with Crippen molar-refractivity contribution in [3.8, 4) is 0 Å². The van der Waals surface area contributed by atoms with Gasteiger partial charge in [0, 0.05) is 18.5 Å². The van der Waals surface area contributed by atoms with E-state index in [0.717, 1.165) is 25.0 Å². The highest BCUT2D eigenvalue weighted by Crippen LogP contribution is 2.10. The Balaban J connectivity index is 2.31. The lowest BCUT2D eigenvalue weighted by Crippen LogP contribution is -2.26. The molecule has 1 amide bonds. The van der Waals surface area contributed by atoms with Crippen molar-refractivity contribution in [2.45, 2.75) is 26.2 Å². The first kappa shape index (κ1) is 15.9. The summed E-state index contributed by atoms with van der Waals surface area (Å²) in [6.45, 7) is 2.59. The minimum atomic E-state index is -0.689. The minimum Gasteiger partial charge on any atom is -0.356 e. The van der Waals surface area contributed by atoms with Crippen molar-refractivity contribution in [1.29, 1.82) is 0 Å². The van der Waals surface area contributed by atoms with Crippen LogP contribution in [0.3, 0.4) is 0 Å². The molecule has 1 rings (SSSR count). The lowest BCUT2D eigenvalue weighted by atomic mass is 10.1. The Morgan fingerprint density at radius 2 is 2.16 bits per heavy atom. The minimum absolute atomic E-state index is 0.0722. The molecule has 19 heavy (non-hydrogen) atoms. The molecule has 1 aromatic carbocycles. The molecule has 0 aliphatic heterocycles. The normalized spacial score (nSPS) is 12.2. The van der Waals surface area contributed by atoms with Crippen molar-refractivity contribution in [2.24, 2.45) is 5.92 Å². The Bertz CT molecular complexity index is 426. The van der Waals surface area contributed by atoms with Crippen molar-refractivity contribution in [1.82, 2.24) is 5.32 Å². The molecular formula is C14H18ClF2NO. The Labute approximate surface area is 117 Å². The van der Waals surface area contributed by atoms with Crippen LogP contribution in [0.1, 0.15) is 25.3 Å². The number of carbonyl (C=O) groups excluding carboxylic acids is 1. The van der Waals surface area contributed by atoms with E-state index in [2.05, 4.69) is 5.32 Å². The van der Waals surface area contributed by atoms with Crippen molar-refractivity contribution in [3.05, 3.63) is 35.4 Å². The molecule has 0 aromatic heterocycles. The van der Waals surface area contributed by atoms with Gasteiger partial charge in [-0.1, -0.05) is 13.0 Å². The van der Waals surface area contributed by atoms with Crippen LogP contribution < -0.4 is 5.32 Å². The van der Waals surface area contributed by atoms with Gasteiger partial charge in [0.05, 0.1) is 6.42 Å². The molecule has 5 heteroatoms. The van der Waals surface area contributed by atoms with Gasteiger partial charge in [-0.3, -0.25) is 4.79 Å². The molecule has 0 saturated heterocycles. The standard InChI is InChI=1S/C14H18ClF2NO/c1-10(9-15)3-2-6-18-14(19)7-11-4-5-12(16)8-13(11)17/h4-5,8,10H,2-3,6-7,9H2,1H3,(H,18,19). The third kappa shape index (κ3) is 6.01. The van der Waals surface area contributed by atoms with Gasteiger partial charge in [0.2, 0.25) is 5.91 Å². The molecule has 0 fully saturated rings. The number of halogens is 3.